The largest absolute Gasteiger partial charge is 0.370 e. The molecule has 1 atom stereocenters. The highest BCUT2D eigenvalue weighted by molar-refractivity contribution is 6.05. The molecule has 7 heterocycles. The van der Waals surface area contributed by atoms with Gasteiger partial charge in [-0.1, -0.05) is 6.07 Å². The Morgan fingerprint density at radius 1 is 0.879 bits per heavy atom. The molecule has 0 radical (unpaired) electrons. The molecule has 9 rings (SSSR count). The first-order valence-electron chi connectivity index (χ1n) is 20.7. The van der Waals surface area contributed by atoms with Crippen molar-refractivity contribution in [1.82, 2.24) is 30.4 Å². The van der Waals surface area contributed by atoms with E-state index >= 15 is 0 Å². The van der Waals surface area contributed by atoms with Crippen LogP contribution < -0.4 is 25.3 Å². The number of nitrogens with zero attached hydrogens (tertiary/aromatic N) is 7. The zero-order chi connectivity index (χ0) is 39.9. The zero-order valence-electron chi connectivity index (χ0n) is 33.0. The van der Waals surface area contributed by atoms with Crippen LogP contribution in [0.4, 0.5) is 17.1 Å². The zero-order valence-corrected chi connectivity index (χ0v) is 33.0. The molecule has 14 heteroatoms. The van der Waals surface area contributed by atoms with Crippen molar-refractivity contribution in [3.8, 4) is 6.07 Å². The number of fused-ring (bicyclic) bond motifs is 2. The fourth-order valence-electron chi connectivity index (χ4n) is 9.67. The van der Waals surface area contributed by atoms with E-state index in [1.54, 1.807) is 11.1 Å². The number of carbonyl (C=O) groups is 4. The number of hydrogen-bond donors (Lipinski definition) is 3. The number of imide groups is 1. The monoisotopic (exact) mass is 782 g/mol. The quantitative estimate of drug-likeness (QED) is 0.224. The van der Waals surface area contributed by atoms with Gasteiger partial charge in [0.05, 0.1) is 28.7 Å². The first kappa shape index (κ1) is 37.6. The number of benzene rings is 2. The van der Waals surface area contributed by atoms with Crippen molar-refractivity contribution in [2.75, 3.05) is 73.6 Å². The lowest BCUT2D eigenvalue weighted by Crippen LogP contribution is -2.52. The van der Waals surface area contributed by atoms with E-state index in [-0.39, 0.29) is 36.1 Å². The summed E-state index contributed by atoms with van der Waals surface area (Å²) in [6.07, 6.45) is 8.14. The minimum absolute atomic E-state index is 0.0809. The minimum Gasteiger partial charge on any atom is -0.370 e. The van der Waals surface area contributed by atoms with Gasteiger partial charge in [-0.25, -0.2) is 4.98 Å². The van der Waals surface area contributed by atoms with Crippen molar-refractivity contribution in [2.24, 2.45) is 5.92 Å². The highest BCUT2D eigenvalue weighted by atomic mass is 16.2. The maximum absolute atomic E-state index is 13.2. The standard InChI is InChI=1S/C44H50N10O4/c1-28-2-7-37(41-40(28)31(23-45)24-47-41)53-16-12-32(13-17-53)48-42(56)36-6-4-34(25-46-36)51-14-10-29(11-15-51)26-50-18-20-52(21-19-50)33-3-5-35-30(22-33)27-54(44(35)58)38-8-9-39(55)49-43(38)57/h2-7,22,24-25,29,32,38,47H,8-21,26-27H2,1H3,(H,48,56)(H,49,55,57). The second-order valence-electron chi connectivity index (χ2n) is 16.6. The van der Waals surface area contributed by atoms with Gasteiger partial charge in [0.1, 0.15) is 17.8 Å². The van der Waals surface area contributed by atoms with Crippen LogP contribution in [0.15, 0.2) is 54.9 Å². The van der Waals surface area contributed by atoms with E-state index in [1.807, 2.05) is 37.4 Å². The number of hydrogen-bond acceptors (Lipinski definition) is 10. The summed E-state index contributed by atoms with van der Waals surface area (Å²) >= 11 is 0. The van der Waals surface area contributed by atoms with Gasteiger partial charge in [-0.2, -0.15) is 5.26 Å². The van der Waals surface area contributed by atoms with E-state index in [0.717, 1.165) is 124 Å². The second-order valence-corrected chi connectivity index (χ2v) is 16.6. The number of pyridine rings is 1. The number of aromatic nitrogens is 2. The Morgan fingerprint density at radius 3 is 2.34 bits per heavy atom. The summed E-state index contributed by atoms with van der Waals surface area (Å²) in [5.74, 6) is -0.299. The average molecular weight is 783 g/mol. The van der Waals surface area contributed by atoms with Crippen LogP contribution in [0.5, 0.6) is 0 Å². The third-order valence-corrected chi connectivity index (χ3v) is 13.0. The summed E-state index contributed by atoms with van der Waals surface area (Å²) in [4.78, 5) is 69.6. The Kier molecular flexibility index (Phi) is 10.2. The first-order valence-corrected chi connectivity index (χ1v) is 20.7. The van der Waals surface area contributed by atoms with Gasteiger partial charge >= 0.3 is 0 Å². The van der Waals surface area contributed by atoms with E-state index in [2.05, 4.69) is 64.5 Å². The van der Waals surface area contributed by atoms with Crippen LogP contribution >= 0.6 is 0 Å². The molecule has 3 N–H and O–H groups in total. The predicted molar refractivity (Wildman–Crippen MR) is 221 cm³/mol. The molecular formula is C44H50N10O4. The summed E-state index contributed by atoms with van der Waals surface area (Å²) in [5.41, 5.74) is 8.05. The number of H-pyrrole nitrogens is 1. The molecular weight excluding hydrogens is 733 g/mol. The first-order chi connectivity index (χ1) is 28.2. The average Bonchev–Trinajstić information content (AvgIpc) is 3.83. The molecule has 2 aromatic carbocycles. The normalized spacial score (nSPS) is 21.0. The van der Waals surface area contributed by atoms with Gasteiger partial charge < -0.3 is 29.9 Å². The predicted octanol–water partition coefficient (Wildman–Crippen LogP) is 3.94. The van der Waals surface area contributed by atoms with E-state index in [4.69, 9.17) is 0 Å². The number of piperidine rings is 3. The molecule has 300 valence electrons. The minimum atomic E-state index is -0.599. The number of nitriles is 1. The number of amides is 4. The van der Waals surface area contributed by atoms with Gasteiger partial charge in [0.2, 0.25) is 11.8 Å². The fraction of sp³-hybridized carbons (Fsp3) is 0.455. The molecule has 1 unspecified atom stereocenters. The lowest BCUT2D eigenvalue weighted by molar-refractivity contribution is -0.136. The van der Waals surface area contributed by atoms with E-state index in [9.17, 15) is 24.4 Å². The van der Waals surface area contributed by atoms with Crippen LogP contribution in [-0.4, -0.2) is 114 Å². The summed E-state index contributed by atoms with van der Waals surface area (Å²) in [6, 6.07) is 15.9. The van der Waals surface area contributed by atoms with Crippen molar-refractivity contribution in [3.63, 3.8) is 0 Å². The van der Waals surface area contributed by atoms with Crippen LogP contribution in [-0.2, 0) is 16.1 Å². The van der Waals surface area contributed by atoms with Crippen LogP contribution in [0, 0.1) is 24.2 Å². The van der Waals surface area contributed by atoms with Crippen molar-refractivity contribution < 1.29 is 19.2 Å². The third-order valence-electron chi connectivity index (χ3n) is 13.0. The van der Waals surface area contributed by atoms with Gasteiger partial charge in [0.15, 0.2) is 0 Å². The van der Waals surface area contributed by atoms with Gasteiger partial charge in [0.25, 0.3) is 11.8 Å². The third kappa shape index (κ3) is 7.35. The molecule has 2 aromatic heterocycles. The van der Waals surface area contributed by atoms with E-state index < -0.39 is 6.04 Å². The maximum atomic E-state index is 13.2. The number of piperazine rings is 1. The smallest absolute Gasteiger partial charge is 0.270 e. The second kappa shape index (κ2) is 15.8. The highest BCUT2D eigenvalue weighted by Gasteiger charge is 2.39. The summed E-state index contributed by atoms with van der Waals surface area (Å²) in [6.45, 7) is 10.9. The van der Waals surface area contributed by atoms with Crippen molar-refractivity contribution in [3.05, 3.63) is 82.8 Å². The summed E-state index contributed by atoms with van der Waals surface area (Å²) < 4.78 is 0. The Morgan fingerprint density at radius 2 is 1.62 bits per heavy atom. The SMILES string of the molecule is Cc1ccc(N2CCC(NC(=O)c3ccc(N4CCC(CN5CCN(c6ccc7c(c6)CN(C6CCC(=O)NC6=O)C7=O)CC5)CC4)cn3)CC2)c2[nH]cc(C#N)c12. The van der Waals surface area contributed by atoms with Crippen molar-refractivity contribution in [1.29, 1.82) is 5.26 Å². The molecule has 0 spiro atoms. The van der Waals surface area contributed by atoms with E-state index in [0.29, 0.717) is 35.7 Å². The van der Waals surface area contributed by atoms with Crippen LogP contribution in [0.3, 0.4) is 0 Å². The number of carbonyl (C=O) groups excluding carboxylic acids is 4. The lowest BCUT2D eigenvalue weighted by Gasteiger charge is -2.40. The molecule has 0 saturated carbocycles. The summed E-state index contributed by atoms with van der Waals surface area (Å²) in [5, 5.41) is 16.1. The molecule has 0 bridgehead atoms. The number of aromatic amines is 1. The van der Waals surface area contributed by atoms with Crippen LogP contribution in [0.25, 0.3) is 10.9 Å². The molecule has 4 fully saturated rings. The van der Waals surface area contributed by atoms with Gasteiger partial charge in [-0.3, -0.25) is 29.4 Å². The Hall–Kier alpha value is -5.94. The molecule has 0 aliphatic carbocycles. The number of nitrogens with one attached hydrogen (secondary N) is 3. The molecule has 4 saturated heterocycles. The molecule has 58 heavy (non-hydrogen) atoms. The van der Waals surface area contributed by atoms with Gasteiger partial charge in [0, 0.05) is 101 Å². The van der Waals surface area contributed by atoms with E-state index in [1.165, 1.54) is 0 Å². The van der Waals surface area contributed by atoms with Crippen LogP contribution in [0.2, 0.25) is 0 Å². The molecule has 5 aliphatic rings. The number of anilines is 3. The highest BCUT2D eigenvalue weighted by Crippen LogP contribution is 2.34. The number of rotatable bonds is 8. The fourth-order valence-corrected chi connectivity index (χ4v) is 9.67. The summed E-state index contributed by atoms with van der Waals surface area (Å²) in [7, 11) is 0. The Balaban J connectivity index is 0.705. The number of aryl methyl sites for hydroxylation is 1. The lowest BCUT2D eigenvalue weighted by atomic mass is 9.95. The Bertz CT molecular complexity index is 2280. The van der Waals surface area contributed by atoms with Crippen molar-refractivity contribution >= 4 is 51.6 Å². The van der Waals surface area contributed by atoms with Crippen LogP contribution in [0.1, 0.15) is 76.1 Å². The molecule has 5 aliphatic heterocycles. The molecule has 14 nitrogen and oxygen atoms in total. The van der Waals surface area contributed by atoms with Gasteiger partial charge in [-0.15, -0.1) is 0 Å². The maximum Gasteiger partial charge on any atom is 0.270 e. The molecule has 4 aromatic rings. The van der Waals surface area contributed by atoms with Crippen molar-refractivity contribution in [2.45, 2.75) is 64.1 Å². The Labute approximate surface area is 338 Å². The molecule has 4 amide bonds. The van der Waals surface area contributed by atoms with Gasteiger partial charge in [-0.05, 0) is 92.5 Å². The topological polar surface area (TPSA) is 161 Å².